The van der Waals surface area contributed by atoms with Crippen LogP contribution in [0.1, 0.15) is 33.0 Å². The van der Waals surface area contributed by atoms with Gasteiger partial charge < -0.3 is 15.1 Å². The average Bonchev–Trinajstić information content (AvgIpc) is 3.23. The van der Waals surface area contributed by atoms with Crippen LogP contribution >= 0.6 is 23.1 Å². The van der Waals surface area contributed by atoms with E-state index in [1.54, 1.807) is 23.1 Å². The summed E-state index contributed by atoms with van der Waals surface area (Å²) in [6.07, 6.45) is 2.43. The van der Waals surface area contributed by atoms with Crippen molar-refractivity contribution in [1.29, 1.82) is 0 Å². The lowest BCUT2D eigenvalue weighted by Crippen LogP contribution is -2.42. The molecule has 9 heteroatoms. The number of thiophene rings is 1. The number of thioether (sulfide) groups is 1. The SMILES string of the molecule is O=C(O)c1ccc(CCCN2C(=O)SCC[C@@H]2C=C[C@@H](O)C(F)(F)c2ccccc2)s1. The molecule has 0 bridgehead atoms. The van der Waals surface area contributed by atoms with Gasteiger partial charge in [0.15, 0.2) is 0 Å². The molecule has 1 amide bonds. The number of carbonyl (C=O) groups excluding carboxylic acids is 1. The van der Waals surface area contributed by atoms with Gasteiger partial charge in [-0.25, -0.2) is 4.79 Å². The molecule has 0 aliphatic carbocycles. The quantitative estimate of drug-likeness (QED) is 0.507. The lowest BCUT2D eigenvalue weighted by atomic mass is 10.0. The van der Waals surface area contributed by atoms with Crippen LogP contribution in [0.15, 0.2) is 54.6 Å². The molecule has 1 aliphatic heterocycles. The molecule has 0 saturated carbocycles. The smallest absolute Gasteiger partial charge is 0.345 e. The number of nitrogens with zero attached hydrogens (tertiary/aromatic N) is 1. The van der Waals surface area contributed by atoms with Gasteiger partial charge in [0.1, 0.15) is 11.0 Å². The van der Waals surface area contributed by atoms with E-state index in [9.17, 15) is 23.5 Å². The highest BCUT2D eigenvalue weighted by atomic mass is 32.2. The van der Waals surface area contributed by atoms with Gasteiger partial charge in [-0.05, 0) is 31.4 Å². The van der Waals surface area contributed by atoms with Crippen molar-refractivity contribution in [3.05, 3.63) is 69.9 Å². The zero-order chi connectivity index (χ0) is 22.4. The molecular weight excluding hydrogens is 444 g/mol. The maximum absolute atomic E-state index is 14.5. The van der Waals surface area contributed by atoms with Gasteiger partial charge in [0.25, 0.3) is 5.24 Å². The summed E-state index contributed by atoms with van der Waals surface area (Å²) < 4.78 is 29.0. The maximum atomic E-state index is 14.5. The molecule has 5 nitrogen and oxygen atoms in total. The number of rotatable bonds is 9. The van der Waals surface area contributed by atoms with E-state index in [1.165, 1.54) is 53.4 Å². The van der Waals surface area contributed by atoms with E-state index in [1.807, 2.05) is 0 Å². The number of hydrogen-bond acceptors (Lipinski definition) is 5. The normalized spacial score (nSPS) is 18.5. The first-order valence-corrected chi connectivity index (χ1v) is 11.6. The number of carboxylic acid groups (broad SMARTS) is 1. The number of aromatic carboxylic acids is 1. The first-order chi connectivity index (χ1) is 14.8. The van der Waals surface area contributed by atoms with E-state index < -0.39 is 18.0 Å². The van der Waals surface area contributed by atoms with Crippen LogP contribution in [-0.2, 0) is 12.3 Å². The van der Waals surface area contributed by atoms with Crippen molar-refractivity contribution in [2.75, 3.05) is 12.3 Å². The lowest BCUT2D eigenvalue weighted by molar-refractivity contribution is -0.0929. The monoisotopic (exact) mass is 467 g/mol. The number of aliphatic hydroxyl groups excluding tert-OH is 1. The largest absolute Gasteiger partial charge is 0.477 e. The molecule has 1 aliphatic rings. The third kappa shape index (κ3) is 5.93. The van der Waals surface area contributed by atoms with Crippen LogP contribution in [0.2, 0.25) is 0 Å². The van der Waals surface area contributed by atoms with Gasteiger partial charge >= 0.3 is 11.9 Å². The molecule has 3 rings (SSSR count). The molecule has 2 heterocycles. The second-order valence-electron chi connectivity index (χ2n) is 7.16. The number of halogens is 2. The number of aryl methyl sites for hydroxylation is 1. The molecule has 0 unspecified atom stereocenters. The molecule has 0 spiro atoms. The van der Waals surface area contributed by atoms with Crippen molar-refractivity contribution in [3.8, 4) is 0 Å². The standard InChI is InChI=1S/C22H23F2NO4S2/c23-22(24,15-5-2-1-3-6-15)19(26)11-8-16-12-14-30-21(29)25(16)13-4-7-17-9-10-18(31-17)20(27)28/h1-3,5-6,8-11,16,19,26H,4,7,12-14H2,(H,27,28)/t16-,19+/m0/s1. The molecule has 1 aromatic heterocycles. The minimum Gasteiger partial charge on any atom is -0.477 e. The van der Waals surface area contributed by atoms with Gasteiger partial charge in [-0.2, -0.15) is 8.78 Å². The van der Waals surface area contributed by atoms with Crippen molar-refractivity contribution in [3.63, 3.8) is 0 Å². The van der Waals surface area contributed by atoms with Gasteiger partial charge in [-0.15, -0.1) is 11.3 Å². The Labute approximate surface area is 187 Å². The summed E-state index contributed by atoms with van der Waals surface area (Å²) in [5.74, 6) is -3.81. The second kappa shape index (κ2) is 10.4. The van der Waals surface area contributed by atoms with Gasteiger partial charge in [-0.3, -0.25) is 4.79 Å². The molecule has 2 N–H and O–H groups in total. The Balaban J connectivity index is 1.61. The molecule has 1 aromatic carbocycles. The third-order valence-electron chi connectivity index (χ3n) is 5.01. The maximum Gasteiger partial charge on any atom is 0.345 e. The summed E-state index contributed by atoms with van der Waals surface area (Å²) in [6.45, 7) is 0.423. The van der Waals surface area contributed by atoms with Crippen LogP contribution in [0.5, 0.6) is 0 Å². The summed E-state index contributed by atoms with van der Waals surface area (Å²) >= 11 is 2.39. The number of alkyl halides is 2. The number of aliphatic hydroxyl groups is 1. The molecular formula is C22H23F2NO4S2. The number of carbonyl (C=O) groups is 2. The summed E-state index contributed by atoms with van der Waals surface area (Å²) in [7, 11) is 0. The van der Waals surface area contributed by atoms with E-state index in [2.05, 4.69) is 0 Å². The number of carboxylic acids is 1. The van der Waals surface area contributed by atoms with Gasteiger partial charge in [0, 0.05) is 22.7 Å². The average molecular weight is 468 g/mol. The fourth-order valence-corrected chi connectivity index (χ4v) is 5.15. The fourth-order valence-electron chi connectivity index (χ4n) is 3.33. The van der Waals surface area contributed by atoms with E-state index in [4.69, 9.17) is 5.11 Å². The molecule has 1 fully saturated rings. The Kier molecular flexibility index (Phi) is 7.85. The number of hydrogen-bond donors (Lipinski definition) is 2. The minimum absolute atomic E-state index is 0.123. The van der Waals surface area contributed by atoms with E-state index in [-0.39, 0.29) is 21.7 Å². The van der Waals surface area contributed by atoms with Crippen molar-refractivity contribution < 1.29 is 28.6 Å². The highest BCUT2D eigenvalue weighted by molar-refractivity contribution is 8.13. The van der Waals surface area contributed by atoms with Crippen LogP contribution < -0.4 is 0 Å². The second-order valence-corrected chi connectivity index (χ2v) is 9.37. The highest BCUT2D eigenvalue weighted by Crippen LogP contribution is 2.33. The summed E-state index contributed by atoms with van der Waals surface area (Å²) in [5, 5.41) is 19.0. The van der Waals surface area contributed by atoms with Crippen molar-refractivity contribution >= 4 is 34.3 Å². The van der Waals surface area contributed by atoms with Gasteiger partial charge in [0.2, 0.25) is 0 Å². The molecule has 1 saturated heterocycles. The zero-order valence-electron chi connectivity index (χ0n) is 16.6. The predicted octanol–water partition coefficient (Wildman–Crippen LogP) is 5.02. The lowest BCUT2D eigenvalue weighted by Gasteiger charge is -2.33. The fraction of sp³-hybridized carbons (Fsp3) is 0.364. The summed E-state index contributed by atoms with van der Waals surface area (Å²) in [6, 6.07) is 10.1. The molecule has 0 radical (unpaired) electrons. The molecule has 166 valence electrons. The van der Waals surface area contributed by atoms with Crippen LogP contribution in [-0.4, -0.2) is 50.8 Å². The van der Waals surface area contributed by atoms with Crippen LogP contribution in [0.25, 0.3) is 0 Å². The molecule has 2 aromatic rings. The Morgan fingerprint density at radius 2 is 2.00 bits per heavy atom. The number of benzene rings is 1. The topological polar surface area (TPSA) is 77.8 Å². The Morgan fingerprint density at radius 3 is 2.68 bits per heavy atom. The van der Waals surface area contributed by atoms with Crippen molar-refractivity contribution in [2.24, 2.45) is 0 Å². The third-order valence-corrected chi connectivity index (χ3v) is 7.07. The minimum atomic E-state index is -3.43. The van der Waals surface area contributed by atoms with Gasteiger partial charge in [-0.1, -0.05) is 54.2 Å². The summed E-state index contributed by atoms with van der Waals surface area (Å²) in [5.41, 5.74) is -0.268. The van der Waals surface area contributed by atoms with Gasteiger partial charge in [0.05, 0.1) is 6.04 Å². The summed E-state index contributed by atoms with van der Waals surface area (Å²) in [4.78, 5) is 26.2. The zero-order valence-corrected chi connectivity index (χ0v) is 18.2. The van der Waals surface area contributed by atoms with E-state index in [0.29, 0.717) is 31.6 Å². The first kappa shape index (κ1) is 23.4. The van der Waals surface area contributed by atoms with E-state index >= 15 is 0 Å². The number of amides is 1. The van der Waals surface area contributed by atoms with Crippen LogP contribution in [0, 0.1) is 0 Å². The van der Waals surface area contributed by atoms with Crippen LogP contribution in [0.4, 0.5) is 13.6 Å². The Bertz CT molecular complexity index is 933. The highest BCUT2D eigenvalue weighted by Gasteiger charge is 2.39. The molecule has 2 atom stereocenters. The van der Waals surface area contributed by atoms with Crippen molar-refractivity contribution in [2.45, 2.75) is 37.3 Å². The van der Waals surface area contributed by atoms with E-state index in [0.717, 1.165) is 11.0 Å². The van der Waals surface area contributed by atoms with Crippen molar-refractivity contribution in [1.82, 2.24) is 4.90 Å². The first-order valence-electron chi connectivity index (χ1n) is 9.84. The van der Waals surface area contributed by atoms with Crippen LogP contribution in [0.3, 0.4) is 0 Å². The molecule has 31 heavy (non-hydrogen) atoms. The Morgan fingerprint density at radius 1 is 1.26 bits per heavy atom. The predicted molar refractivity (Wildman–Crippen MR) is 118 cm³/mol. The Hall–Kier alpha value is -2.23.